The van der Waals surface area contributed by atoms with Gasteiger partial charge < -0.3 is 0 Å². The average molecular weight is 287 g/mol. The molecule has 5 nitrogen and oxygen atoms in total. The Morgan fingerprint density at radius 1 is 1.37 bits per heavy atom. The predicted molar refractivity (Wildman–Crippen MR) is 76.7 cm³/mol. The maximum atomic E-state index is 11.5. The fourth-order valence-electron chi connectivity index (χ4n) is 1.53. The van der Waals surface area contributed by atoms with Crippen molar-refractivity contribution in [1.82, 2.24) is 0 Å². The predicted octanol–water partition coefficient (Wildman–Crippen LogP) is 3.02. The molecule has 0 heterocycles. The molecule has 0 spiro atoms. The fraction of sp³-hybridized carbons (Fsp3) is 0.462. The van der Waals surface area contributed by atoms with E-state index in [2.05, 4.69) is 0 Å². The van der Waals surface area contributed by atoms with Gasteiger partial charge in [0, 0.05) is 0 Å². The number of carbonyl (C=O) groups excluding carboxylic acids is 1. The Kier molecular flexibility index (Phi) is 5.29. The van der Waals surface area contributed by atoms with Gasteiger partial charge in [-0.05, 0) is 0 Å². The van der Waals surface area contributed by atoms with Crippen LogP contribution in [0.3, 0.4) is 0 Å². The van der Waals surface area contributed by atoms with E-state index in [0.29, 0.717) is 6.42 Å². The van der Waals surface area contributed by atoms with Crippen molar-refractivity contribution in [2.75, 3.05) is 12.8 Å². The first-order chi connectivity index (χ1) is 8.80. The third kappa shape index (κ3) is 6.53. The molecule has 0 radical (unpaired) electrons. The zero-order valence-corrected chi connectivity index (χ0v) is 12.3. The molecule has 0 aliphatic heterocycles. The van der Waals surface area contributed by atoms with Crippen molar-refractivity contribution in [3.63, 3.8) is 0 Å². The van der Waals surface area contributed by atoms with Crippen LogP contribution in [0.2, 0.25) is 0 Å². The molecule has 0 aliphatic carbocycles. The van der Waals surface area contributed by atoms with Crippen LogP contribution in [0.1, 0.15) is 25.3 Å². The molecule has 1 aromatic rings. The number of rotatable bonds is 6. The Labute approximate surface area is 113 Å². The van der Waals surface area contributed by atoms with E-state index in [9.17, 15) is 9.69 Å². The first kappa shape index (κ1) is 15.9. The molecule has 6 heteroatoms. The minimum atomic E-state index is -3.87. The molecule has 0 fully saturated rings. The number of benzene rings is 1. The van der Waals surface area contributed by atoms with E-state index in [1.807, 2.05) is 37.3 Å². The molecule has 0 aliphatic rings. The van der Waals surface area contributed by atoms with Crippen molar-refractivity contribution in [1.29, 1.82) is 0 Å². The van der Waals surface area contributed by atoms with Gasteiger partial charge in [0.1, 0.15) is 0 Å². The second-order valence-corrected chi connectivity index (χ2v) is 8.96. The van der Waals surface area contributed by atoms with Gasteiger partial charge in [-0.3, -0.25) is 0 Å². The third-order valence-electron chi connectivity index (χ3n) is 2.58. The summed E-state index contributed by atoms with van der Waals surface area (Å²) < 4.78 is 9.89. The van der Waals surface area contributed by atoms with Crippen LogP contribution < -0.4 is 5.50 Å². The quantitative estimate of drug-likeness (QED) is 0.621. The van der Waals surface area contributed by atoms with Gasteiger partial charge in [-0.2, -0.15) is 0 Å². The van der Waals surface area contributed by atoms with Crippen LogP contribution in [0.5, 0.6) is 0 Å². The van der Waals surface area contributed by atoms with E-state index in [-0.39, 0.29) is 12.8 Å². The molecule has 0 saturated heterocycles. The van der Waals surface area contributed by atoms with Crippen LogP contribution in [-0.2, 0) is 15.9 Å². The van der Waals surface area contributed by atoms with Crippen molar-refractivity contribution in [2.45, 2.75) is 26.4 Å². The summed E-state index contributed by atoms with van der Waals surface area (Å²) in [6.45, 7) is 3.46. The van der Waals surface area contributed by atoms with Crippen molar-refractivity contribution in [2.24, 2.45) is 5.50 Å². The molecular formula is C13H22NO4P. The summed E-state index contributed by atoms with van der Waals surface area (Å²) in [5.41, 5.74) is 6.63. The Bertz CT molecular complexity index is 414. The second-order valence-electron chi connectivity index (χ2n) is 4.91. The topological polar surface area (TPSA) is 81.8 Å². The monoisotopic (exact) mass is 287 g/mol. The normalized spacial score (nSPS) is 13.4. The van der Waals surface area contributed by atoms with E-state index < -0.39 is 13.4 Å². The van der Waals surface area contributed by atoms with E-state index in [0.717, 1.165) is 12.0 Å². The molecule has 0 atom stereocenters. The Balaban J connectivity index is 2.46. The van der Waals surface area contributed by atoms with Gasteiger partial charge in [0.25, 0.3) is 0 Å². The molecule has 0 bridgehead atoms. The van der Waals surface area contributed by atoms with Crippen LogP contribution in [0, 0.1) is 0 Å². The summed E-state index contributed by atoms with van der Waals surface area (Å²) in [6, 6.07) is 9.23. The Morgan fingerprint density at radius 3 is 2.58 bits per heavy atom. The summed E-state index contributed by atoms with van der Waals surface area (Å²) in [5, 5.41) is 0. The summed E-state index contributed by atoms with van der Waals surface area (Å²) in [5.74, 6) is 0. The van der Waals surface area contributed by atoms with Gasteiger partial charge in [0.15, 0.2) is 0 Å². The second kappa shape index (κ2) is 6.33. The number of unbranched alkanes of at least 4 members (excludes halogenated alkanes) is 1. The summed E-state index contributed by atoms with van der Waals surface area (Å²) in [6.07, 6.45) is 0.923. The van der Waals surface area contributed by atoms with Gasteiger partial charge in [-0.15, -0.1) is 0 Å². The summed E-state index contributed by atoms with van der Waals surface area (Å²) >= 11 is 0. The van der Waals surface area contributed by atoms with E-state index in [1.54, 1.807) is 0 Å². The molecule has 0 unspecified atom stereocenters. The molecule has 1 rings (SSSR count). The Morgan fingerprint density at radius 2 is 2.00 bits per heavy atom. The van der Waals surface area contributed by atoms with E-state index >= 15 is 0 Å². The third-order valence-corrected chi connectivity index (χ3v) is 4.63. The average Bonchev–Trinajstić information content (AvgIpc) is 2.34. The van der Waals surface area contributed by atoms with Gasteiger partial charge in [-0.25, -0.2) is 0 Å². The van der Waals surface area contributed by atoms with Crippen LogP contribution in [-0.4, -0.2) is 23.9 Å². The van der Waals surface area contributed by atoms with Gasteiger partial charge >= 0.3 is 113 Å². The van der Waals surface area contributed by atoms with E-state index in [1.165, 1.54) is 6.66 Å². The zero-order chi connectivity index (χ0) is 14.4. The first-order valence-corrected chi connectivity index (χ1v) is 9.09. The molecule has 0 saturated carbocycles. The zero-order valence-electron chi connectivity index (χ0n) is 11.4. The minimum absolute atomic E-state index is 0.0972. The molecular weight excluding hydrogens is 265 g/mol. The number of ether oxygens (including phenoxy) is 1. The molecule has 0 aromatic heterocycles. The van der Waals surface area contributed by atoms with Crippen LogP contribution in [0.15, 0.2) is 30.3 Å². The SMILES string of the molecule is CCCCP(C)(N)(O)OC(=O)OCc1ccccc1. The molecule has 3 N–H and O–H groups in total. The van der Waals surface area contributed by atoms with Crippen molar-refractivity contribution >= 4 is 13.4 Å². The van der Waals surface area contributed by atoms with Gasteiger partial charge in [0.2, 0.25) is 0 Å². The number of hydrogen-bond acceptors (Lipinski definition) is 5. The first-order valence-electron chi connectivity index (χ1n) is 6.28. The molecule has 108 valence electrons. The molecule has 0 amide bonds. The van der Waals surface area contributed by atoms with E-state index in [4.69, 9.17) is 14.8 Å². The standard InChI is InChI=1S/C13H22NO4P/c1-3-4-10-19(2,14,16)18-13(15)17-11-12-8-6-5-7-9-12/h5-9,16H,3-4,10-11,14H2,1-2H3. The number of carbonyl (C=O) groups is 1. The fourth-order valence-corrected chi connectivity index (χ4v) is 3.17. The number of hydrogen-bond donors (Lipinski definition) is 2. The molecule has 1 aromatic carbocycles. The van der Waals surface area contributed by atoms with Crippen molar-refractivity contribution in [3.05, 3.63) is 35.9 Å². The van der Waals surface area contributed by atoms with Gasteiger partial charge in [-0.1, -0.05) is 0 Å². The summed E-state index contributed by atoms with van der Waals surface area (Å²) in [4.78, 5) is 21.7. The molecule has 19 heavy (non-hydrogen) atoms. The van der Waals surface area contributed by atoms with Gasteiger partial charge in [0.05, 0.1) is 0 Å². The van der Waals surface area contributed by atoms with Crippen molar-refractivity contribution in [3.8, 4) is 0 Å². The van der Waals surface area contributed by atoms with Crippen LogP contribution in [0.4, 0.5) is 4.79 Å². The Hall–Kier alpha value is -1.16. The number of nitrogens with two attached hydrogens (primary N) is 1. The van der Waals surface area contributed by atoms with Crippen LogP contribution in [0.25, 0.3) is 0 Å². The van der Waals surface area contributed by atoms with Crippen molar-refractivity contribution < 1.29 is 18.9 Å². The van der Waals surface area contributed by atoms with Crippen LogP contribution >= 0.6 is 7.21 Å². The summed E-state index contributed by atoms with van der Waals surface area (Å²) in [7, 11) is -3.87. The maximum absolute atomic E-state index is 11.5.